The second kappa shape index (κ2) is 11.8. The van der Waals surface area contributed by atoms with E-state index >= 15 is 0 Å². The van der Waals surface area contributed by atoms with Crippen LogP contribution >= 0.6 is 11.8 Å². The van der Waals surface area contributed by atoms with Gasteiger partial charge in [0.1, 0.15) is 0 Å². The molecule has 1 aliphatic rings. The van der Waals surface area contributed by atoms with Gasteiger partial charge in [0.15, 0.2) is 0 Å². The third-order valence-electron chi connectivity index (χ3n) is 5.95. The normalized spacial score (nSPS) is 15.9. The predicted molar refractivity (Wildman–Crippen MR) is 136 cm³/mol. The van der Waals surface area contributed by atoms with E-state index in [9.17, 15) is 13.2 Å². The molecule has 1 saturated heterocycles. The molecule has 1 aromatic heterocycles. The van der Waals surface area contributed by atoms with Gasteiger partial charge in [-0.15, -0.1) is 10.2 Å². The van der Waals surface area contributed by atoms with Crippen LogP contribution in [0.4, 0.5) is 5.69 Å². The van der Waals surface area contributed by atoms with Crippen LogP contribution in [0.15, 0.2) is 69.1 Å². The standard InChI is InChI=1S/C25H30N4O4S2/c1-19(20-10-5-4-6-11-20)16-24-27-28-25(33-24)34-18-23(30)26-21-12-9-13-22(17-21)35(31,32)29-14-7-2-3-8-15-29/h4-6,9-13,17,19H,2-3,7-8,14-16,18H2,1H3,(H,26,30)/t19-/m1/s1. The van der Waals surface area contributed by atoms with Crippen molar-refractivity contribution >= 4 is 33.4 Å². The lowest BCUT2D eigenvalue weighted by atomic mass is 9.98. The van der Waals surface area contributed by atoms with Crippen LogP contribution in [0.5, 0.6) is 0 Å². The summed E-state index contributed by atoms with van der Waals surface area (Å²) in [4.78, 5) is 12.7. The summed E-state index contributed by atoms with van der Waals surface area (Å²) in [5.74, 6) is 0.543. The second-order valence-electron chi connectivity index (χ2n) is 8.66. The molecule has 8 nitrogen and oxygen atoms in total. The van der Waals surface area contributed by atoms with E-state index in [1.54, 1.807) is 22.5 Å². The second-order valence-corrected chi connectivity index (χ2v) is 11.5. The van der Waals surface area contributed by atoms with Crippen LogP contribution in [0.1, 0.15) is 50.0 Å². The van der Waals surface area contributed by atoms with Crippen molar-refractivity contribution in [2.75, 3.05) is 24.2 Å². The minimum Gasteiger partial charge on any atom is -0.416 e. The molecule has 35 heavy (non-hydrogen) atoms. The highest BCUT2D eigenvalue weighted by Gasteiger charge is 2.25. The summed E-state index contributed by atoms with van der Waals surface area (Å²) in [6, 6.07) is 16.5. The first-order chi connectivity index (χ1) is 16.9. The number of carbonyl (C=O) groups excluding carboxylic acids is 1. The lowest BCUT2D eigenvalue weighted by molar-refractivity contribution is -0.113. The van der Waals surface area contributed by atoms with Gasteiger partial charge in [0.2, 0.25) is 21.8 Å². The fraction of sp³-hybridized carbons (Fsp3) is 0.400. The number of thioether (sulfide) groups is 1. The Balaban J connectivity index is 1.31. The van der Waals surface area contributed by atoms with Gasteiger partial charge in [-0.2, -0.15) is 4.31 Å². The molecule has 2 aromatic carbocycles. The Hall–Kier alpha value is -2.69. The Bertz CT molecular complexity index is 1220. The van der Waals surface area contributed by atoms with Crippen molar-refractivity contribution in [2.24, 2.45) is 0 Å². The van der Waals surface area contributed by atoms with Gasteiger partial charge in [0.25, 0.3) is 5.22 Å². The van der Waals surface area contributed by atoms with Crippen molar-refractivity contribution in [3.8, 4) is 0 Å². The first kappa shape index (κ1) is 25.4. The van der Waals surface area contributed by atoms with Crippen LogP contribution < -0.4 is 5.32 Å². The van der Waals surface area contributed by atoms with E-state index in [2.05, 4.69) is 34.6 Å². The van der Waals surface area contributed by atoms with Crippen LogP contribution in [0.3, 0.4) is 0 Å². The number of nitrogens with one attached hydrogen (secondary N) is 1. The summed E-state index contributed by atoms with van der Waals surface area (Å²) in [6.07, 6.45) is 4.45. The maximum Gasteiger partial charge on any atom is 0.277 e. The summed E-state index contributed by atoms with van der Waals surface area (Å²) < 4.78 is 33.3. The van der Waals surface area contributed by atoms with E-state index in [1.807, 2.05) is 18.2 Å². The van der Waals surface area contributed by atoms with Gasteiger partial charge in [-0.3, -0.25) is 4.79 Å². The monoisotopic (exact) mass is 514 g/mol. The summed E-state index contributed by atoms with van der Waals surface area (Å²) in [5, 5.41) is 11.2. The smallest absolute Gasteiger partial charge is 0.277 e. The maximum absolute atomic E-state index is 13.0. The van der Waals surface area contributed by atoms with Crippen LogP contribution in [-0.2, 0) is 21.2 Å². The largest absolute Gasteiger partial charge is 0.416 e. The molecule has 2 heterocycles. The van der Waals surface area contributed by atoms with Crippen LogP contribution in [-0.4, -0.2) is 47.7 Å². The van der Waals surface area contributed by atoms with Gasteiger partial charge in [-0.05, 0) is 42.5 Å². The first-order valence-electron chi connectivity index (χ1n) is 11.8. The van der Waals surface area contributed by atoms with Crippen molar-refractivity contribution in [3.05, 3.63) is 66.1 Å². The molecule has 1 atom stereocenters. The van der Waals surface area contributed by atoms with E-state index in [0.717, 1.165) is 37.4 Å². The van der Waals surface area contributed by atoms with Crippen molar-refractivity contribution < 1.29 is 17.6 Å². The number of benzene rings is 2. The molecule has 0 unspecified atom stereocenters. The molecule has 0 aliphatic carbocycles. The molecule has 0 radical (unpaired) electrons. The first-order valence-corrected chi connectivity index (χ1v) is 14.2. The summed E-state index contributed by atoms with van der Waals surface area (Å²) in [5.41, 5.74) is 1.63. The zero-order valence-electron chi connectivity index (χ0n) is 19.7. The van der Waals surface area contributed by atoms with E-state index in [-0.39, 0.29) is 22.5 Å². The Morgan fingerprint density at radius 1 is 1.06 bits per heavy atom. The topological polar surface area (TPSA) is 105 Å². The zero-order valence-corrected chi connectivity index (χ0v) is 21.4. The number of nitrogens with zero attached hydrogens (tertiary/aromatic N) is 3. The van der Waals surface area contributed by atoms with Crippen molar-refractivity contribution in [2.45, 2.75) is 55.1 Å². The highest BCUT2D eigenvalue weighted by molar-refractivity contribution is 7.99. The third kappa shape index (κ3) is 6.93. The molecule has 0 bridgehead atoms. The lowest BCUT2D eigenvalue weighted by Gasteiger charge is -2.20. The summed E-state index contributed by atoms with van der Waals surface area (Å²) in [6.45, 7) is 3.17. The van der Waals surface area contributed by atoms with Crippen LogP contribution in [0.25, 0.3) is 0 Å². The SMILES string of the molecule is C[C@H](Cc1nnc(SCC(=O)Nc2cccc(S(=O)(=O)N3CCCCCC3)c2)o1)c1ccccc1. The minimum atomic E-state index is -3.58. The average molecular weight is 515 g/mol. The average Bonchev–Trinajstić information content (AvgIpc) is 3.12. The molecule has 1 aliphatic heterocycles. The summed E-state index contributed by atoms with van der Waals surface area (Å²) >= 11 is 1.15. The van der Waals surface area contributed by atoms with Gasteiger partial charge in [0, 0.05) is 25.2 Å². The van der Waals surface area contributed by atoms with E-state index in [0.29, 0.717) is 36.3 Å². The number of hydrogen-bond acceptors (Lipinski definition) is 7. The highest BCUT2D eigenvalue weighted by Crippen LogP contribution is 2.24. The fourth-order valence-electron chi connectivity index (χ4n) is 4.03. The van der Waals surface area contributed by atoms with Crippen molar-refractivity contribution in [1.82, 2.24) is 14.5 Å². The highest BCUT2D eigenvalue weighted by atomic mass is 32.2. The zero-order chi connectivity index (χ0) is 24.7. The number of anilines is 1. The number of hydrogen-bond donors (Lipinski definition) is 1. The number of amides is 1. The molecule has 1 amide bonds. The van der Waals surface area contributed by atoms with Gasteiger partial charge in [-0.25, -0.2) is 8.42 Å². The molecule has 0 saturated carbocycles. The lowest BCUT2D eigenvalue weighted by Crippen LogP contribution is -2.32. The molecule has 1 fully saturated rings. The molecule has 0 spiro atoms. The molecule has 186 valence electrons. The Morgan fingerprint density at radius 3 is 2.54 bits per heavy atom. The number of aromatic nitrogens is 2. The number of sulfonamides is 1. The van der Waals surface area contributed by atoms with Crippen LogP contribution in [0, 0.1) is 0 Å². The van der Waals surface area contributed by atoms with E-state index in [1.165, 1.54) is 11.6 Å². The molecule has 1 N–H and O–H groups in total. The molecular formula is C25H30N4O4S2. The van der Waals surface area contributed by atoms with Gasteiger partial charge in [-0.1, -0.05) is 67.9 Å². The maximum atomic E-state index is 13.0. The Kier molecular flexibility index (Phi) is 8.59. The molecule has 3 aromatic rings. The van der Waals surface area contributed by atoms with E-state index in [4.69, 9.17) is 4.42 Å². The number of rotatable bonds is 9. The van der Waals surface area contributed by atoms with Crippen LogP contribution in [0.2, 0.25) is 0 Å². The van der Waals surface area contributed by atoms with E-state index < -0.39 is 10.0 Å². The van der Waals surface area contributed by atoms with Gasteiger partial charge >= 0.3 is 0 Å². The minimum absolute atomic E-state index is 0.0684. The molecule has 10 heteroatoms. The predicted octanol–water partition coefficient (Wildman–Crippen LogP) is 4.71. The fourth-order valence-corrected chi connectivity index (χ4v) is 6.17. The van der Waals surface area contributed by atoms with Crippen molar-refractivity contribution in [1.29, 1.82) is 0 Å². The molecular weight excluding hydrogens is 484 g/mol. The Morgan fingerprint density at radius 2 is 1.80 bits per heavy atom. The quantitative estimate of drug-likeness (QED) is 0.412. The van der Waals surface area contributed by atoms with Gasteiger partial charge < -0.3 is 9.73 Å². The molecule has 4 rings (SSSR count). The van der Waals surface area contributed by atoms with Gasteiger partial charge in [0.05, 0.1) is 10.6 Å². The number of carbonyl (C=O) groups is 1. The van der Waals surface area contributed by atoms with Crippen molar-refractivity contribution in [3.63, 3.8) is 0 Å². The summed E-state index contributed by atoms with van der Waals surface area (Å²) in [7, 11) is -3.58. The third-order valence-corrected chi connectivity index (χ3v) is 8.66. The Labute approximate surface area is 210 Å².